The second kappa shape index (κ2) is 5.53. The Morgan fingerprint density at radius 2 is 1.81 bits per heavy atom. The molecule has 2 N–H and O–H groups in total. The number of nitrogens with zero attached hydrogens (tertiary/aromatic N) is 3. The molecule has 21 heavy (non-hydrogen) atoms. The zero-order valence-electron chi connectivity index (χ0n) is 12.9. The van der Waals surface area contributed by atoms with Gasteiger partial charge in [-0.2, -0.15) is 0 Å². The molecule has 1 aromatic heterocycles. The molecule has 0 bridgehead atoms. The maximum Gasteiger partial charge on any atom is 0.149 e. The van der Waals surface area contributed by atoms with Crippen LogP contribution in [0.4, 0.5) is 5.82 Å². The van der Waals surface area contributed by atoms with E-state index in [4.69, 9.17) is 5.73 Å². The van der Waals surface area contributed by atoms with Crippen molar-refractivity contribution in [3.8, 4) is 11.3 Å². The smallest absolute Gasteiger partial charge is 0.149 e. The largest absolute Gasteiger partial charge is 0.382 e. The molecule has 0 unspecified atom stereocenters. The molecule has 3 rings (SSSR count). The molecular weight excluding hydrogens is 260 g/mol. The van der Waals surface area contributed by atoms with Crippen LogP contribution in [-0.2, 0) is 5.54 Å². The first-order chi connectivity index (χ1) is 10.1. The Balaban J connectivity index is 1.95. The van der Waals surface area contributed by atoms with Crippen molar-refractivity contribution in [2.75, 3.05) is 25.4 Å². The zero-order valence-corrected chi connectivity index (χ0v) is 12.9. The fraction of sp³-hybridized carbons (Fsp3) is 0.471. The molecule has 1 aliphatic rings. The number of aromatic nitrogens is 2. The van der Waals surface area contributed by atoms with Gasteiger partial charge in [-0.05, 0) is 39.8 Å². The summed E-state index contributed by atoms with van der Waals surface area (Å²) in [6.45, 7) is 7.96. The Hall–Kier alpha value is -1.81. The van der Waals surface area contributed by atoms with E-state index in [1.807, 2.05) is 24.5 Å². The lowest BCUT2D eigenvalue weighted by Gasteiger charge is -2.33. The first-order valence-corrected chi connectivity index (χ1v) is 7.69. The summed E-state index contributed by atoms with van der Waals surface area (Å²) in [4.78, 5) is 6.89. The SMILES string of the molecule is CC(C)(CN1CCCC1)n1cnc(N)c1-c1ccccc1. The van der Waals surface area contributed by atoms with E-state index < -0.39 is 0 Å². The van der Waals surface area contributed by atoms with Crippen LogP contribution in [0.2, 0.25) is 0 Å². The highest BCUT2D eigenvalue weighted by Gasteiger charge is 2.28. The quantitative estimate of drug-likeness (QED) is 0.939. The third-order valence-corrected chi connectivity index (χ3v) is 4.30. The number of hydrogen-bond donors (Lipinski definition) is 1. The summed E-state index contributed by atoms with van der Waals surface area (Å²) < 4.78 is 2.23. The van der Waals surface area contributed by atoms with Crippen molar-refractivity contribution in [2.45, 2.75) is 32.2 Å². The summed E-state index contributed by atoms with van der Waals surface area (Å²) in [5.74, 6) is 0.607. The summed E-state index contributed by atoms with van der Waals surface area (Å²) in [6, 6.07) is 10.3. The van der Waals surface area contributed by atoms with Gasteiger partial charge in [-0.15, -0.1) is 0 Å². The Bertz CT molecular complexity index is 595. The number of anilines is 1. The summed E-state index contributed by atoms with van der Waals surface area (Å²) in [5, 5.41) is 0. The van der Waals surface area contributed by atoms with Crippen molar-refractivity contribution >= 4 is 5.82 Å². The molecule has 1 saturated heterocycles. The van der Waals surface area contributed by atoms with E-state index in [-0.39, 0.29) is 5.54 Å². The van der Waals surface area contributed by atoms with Gasteiger partial charge in [0.15, 0.2) is 0 Å². The number of benzene rings is 1. The van der Waals surface area contributed by atoms with Gasteiger partial charge in [0.25, 0.3) is 0 Å². The predicted octanol–water partition coefficient (Wildman–Crippen LogP) is 2.96. The topological polar surface area (TPSA) is 47.1 Å². The van der Waals surface area contributed by atoms with Gasteiger partial charge in [0.1, 0.15) is 5.82 Å². The van der Waals surface area contributed by atoms with Crippen LogP contribution in [0.15, 0.2) is 36.7 Å². The maximum atomic E-state index is 6.13. The van der Waals surface area contributed by atoms with Crippen molar-refractivity contribution in [2.24, 2.45) is 0 Å². The van der Waals surface area contributed by atoms with Crippen LogP contribution >= 0.6 is 0 Å². The molecule has 0 saturated carbocycles. The molecule has 0 atom stereocenters. The van der Waals surface area contributed by atoms with Crippen molar-refractivity contribution in [1.29, 1.82) is 0 Å². The van der Waals surface area contributed by atoms with Crippen molar-refractivity contribution < 1.29 is 0 Å². The van der Waals surface area contributed by atoms with Gasteiger partial charge in [0.2, 0.25) is 0 Å². The average molecular weight is 284 g/mol. The van der Waals surface area contributed by atoms with Crippen LogP contribution in [-0.4, -0.2) is 34.1 Å². The molecule has 0 radical (unpaired) electrons. The number of hydrogen-bond acceptors (Lipinski definition) is 3. The number of rotatable bonds is 4. The lowest BCUT2D eigenvalue weighted by Crippen LogP contribution is -2.39. The summed E-state index contributed by atoms with van der Waals surface area (Å²) in [7, 11) is 0. The predicted molar refractivity (Wildman–Crippen MR) is 87.1 cm³/mol. The zero-order chi connectivity index (χ0) is 14.9. The Morgan fingerprint density at radius 3 is 2.48 bits per heavy atom. The van der Waals surface area contributed by atoms with Crippen molar-refractivity contribution in [3.05, 3.63) is 36.7 Å². The molecule has 0 amide bonds. The monoisotopic (exact) mass is 284 g/mol. The third kappa shape index (κ3) is 2.81. The van der Waals surface area contributed by atoms with Gasteiger partial charge < -0.3 is 15.2 Å². The van der Waals surface area contributed by atoms with E-state index >= 15 is 0 Å². The molecule has 1 fully saturated rings. The highest BCUT2D eigenvalue weighted by atomic mass is 15.2. The summed E-state index contributed by atoms with van der Waals surface area (Å²) in [5.41, 5.74) is 8.26. The minimum Gasteiger partial charge on any atom is -0.382 e. The second-order valence-electron chi connectivity index (χ2n) is 6.51. The van der Waals surface area contributed by atoms with E-state index in [9.17, 15) is 0 Å². The summed E-state index contributed by atoms with van der Waals surface area (Å²) >= 11 is 0. The Labute approximate surface area is 126 Å². The molecule has 2 heterocycles. The van der Waals surface area contributed by atoms with Gasteiger partial charge in [-0.3, -0.25) is 0 Å². The normalized spacial score (nSPS) is 16.5. The maximum absolute atomic E-state index is 6.13. The lowest BCUT2D eigenvalue weighted by atomic mass is 10.0. The molecule has 0 aliphatic carbocycles. The van der Waals surface area contributed by atoms with E-state index in [0.717, 1.165) is 17.8 Å². The van der Waals surface area contributed by atoms with E-state index in [1.165, 1.54) is 25.9 Å². The van der Waals surface area contributed by atoms with E-state index in [2.05, 4.69) is 40.4 Å². The lowest BCUT2D eigenvalue weighted by molar-refractivity contribution is 0.213. The van der Waals surface area contributed by atoms with E-state index in [1.54, 1.807) is 0 Å². The van der Waals surface area contributed by atoms with Gasteiger partial charge in [-0.1, -0.05) is 30.3 Å². The van der Waals surface area contributed by atoms with Crippen molar-refractivity contribution in [3.63, 3.8) is 0 Å². The van der Waals surface area contributed by atoms with Crippen LogP contribution in [0, 0.1) is 0 Å². The van der Waals surface area contributed by atoms with Crippen LogP contribution in [0.3, 0.4) is 0 Å². The molecule has 112 valence electrons. The first-order valence-electron chi connectivity index (χ1n) is 7.69. The molecular formula is C17H24N4. The highest BCUT2D eigenvalue weighted by Crippen LogP contribution is 2.31. The van der Waals surface area contributed by atoms with Crippen LogP contribution in [0.25, 0.3) is 11.3 Å². The average Bonchev–Trinajstić information content (AvgIpc) is 3.09. The molecule has 1 aromatic carbocycles. The number of likely N-dealkylation sites (tertiary alicyclic amines) is 1. The third-order valence-electron chi connectivity index (χ3n) is 4.30. The Kier molecular flexibility index (Phi) is 3.72. The van der Waals surface area contributed by atoms with Crippen LogP contribution in [0.1, 0.15) is 26.7 Å². The fourth-order valence-corrected chi connectivity index (χ4v) is 3.27. The van der Waals surface area contributed by atoms with Crippen LogP contribution in [0.5, 0.6) is 0 Å². The number of imidazole rings is 1. The Morgan fingerprint density at radius 1 is 1.14 bits per heavy atom. The number of nitrogen functional groups attached to an aromatic ring is 1. The van der Waals surface area contributed by atoms with Crippen molar-refractivity contribution in [1.82, 2.24) is 14.5 Å². The molecule has 2 aromatic rings. The minimum absolute atomic E-state index is 0.0276. The highest BCUT2D eigenvalue weighted by molar-refractivity contribution is 5.70. The molecule has 0 spiro atoms. The number of nitrogens with two attached hydrogens (primary N) is 1. The molecule has 1 aliphatic heterocycles. The van der Waals surface area contributed by atoms with Crippen LogP contribution < -0.4 is 5.73 Å². The second-order valence-corrected chi connectivity index (χ2v) is 6.51. The van der Waals surface area contributed by atoms with Gasteiger partial charge in [-0.25, -0.2) is 4.98 Å². The molecule has 4 heteroatoms. The standard InChI is InChI=1S/C17H24N4/c1-17(2,12-20-10-6-7-11-20)21-13-19-16(18)15(21)14-8-4-3-5-9-14/h3-5,8-9,13H,6-7,10-12,18H2,1-2H3. The fourth-order valence-electron chi connectivity index (χ4n) is 3.27. The van der Waals surface area contributed by atoms with E-state index in [0.29, 0.717) is 5.82 Å². The molecule has 4 nitrogen and oxygen atoms in total. The minimum atomic E-state index is -0.0276. The van der Waals surface area contributed by atoms with Gasteiger partial charge >= 0.3 is 0 Å². The van der Waals surface area contributed by atoms with Gasteiger partial charge in [0.05, 0.1) is 17.6 Å². The van der Waals surface area contributed by atoms with Gasteiger partial charge in [0, 0.05) is 12.1 Å². The first kappa shape index (κ1) is 14.1. The summed E-state index contributed by atoms with van der Waals surface area (Å²) in [6.07, 6.45) is 4.51.